The van der Waals surface area contributed by atoms with E-state index in [1.54, 1.807) is 24.3 Å². The van der Waals surface area contributed by atoms with Crippen molar-refractivity contribution < 1.29 is 14.7 Å². The molecule has 0 saturated carbocycles. The molecule has 7 heteroatoms. The number of thiophene rings is 1. The standard InChI is InChI=1S/C21H19ClN2O3S/c22-16-8-6-14(7-9-16)12-23-20(26)21(27)24-13-17-10-11-18(28-17)19(25)15-4-2-1-3-5-15/h1-11,19,25H,12-13H2,(H,23,26)(H,24,27). The molecular formula is C21H19ClN2O3S. The molecule has 0 spiro atoms. The summed E-state index contributed by atoms with van der Waals surface area (Å²) >= 11 is 7.21. The second kappa shape index (κ2) is 9.50. The van der Waals surface area contributed by atoms with E-state index in [0.29, 0.717) is 5.02 Å². The van der Waals surface area contributed by atoms with Crippen LogP contribution in [0.2, 0.25) is 5.02 Å². The SMILES string of the molecule is O=C(NCc1ccc(Cl)cc1)C(=O)NCc1ccc(C(O)c2ccccc2)s1. The lowest BCUT2D eigenvalue weighted by molar-refractivity contribution is -0.139. The van der Waals surface area contributed by atoms with Crippen molar-refractivity contribution in [1.29, 1.82) is 0 Å². The van der Waals surface area contributed by atoms with Crippen molar-refractivity contribution in [3.05, 3.63) is 92.6 Å². The fourth-order valence-electron chi connectivity index (χ4n) is 2.55. The van der Waals surface area contributed by atoms with Gasteiger partial charge >= 0.3 is 11.8 Å². The van der Waals surface area contributed by atoms with Crippen LogP contribution in [0.25, 0.3) is 0 Å². The minimum atomic E-state index is -0.710. The molecule has 0 aliphatic carbocycles. The Morgan fingerprint density at radius 2 is 1.54 bits per heavy atom. The van der Waals surface area contributed by atoms with Crippen molar-refractivity contribution in [2.24, 2.45) is 0 Å². The first-order chi connectivity index (χ1) is 13.5. The molecule has 28 heavy (non-hydrogen) atoms. The van der Waals surface area contributed by atoms with Gasteiger partial charge in [0.25, 0.3) is 0 Å². The molecule has 2 amide bonds. The number of aliphatic hydroxyl groups is 1. The van der Waals surface area contributed by atoms with E-state index in [1.165, 1.54) is 11.3 Å². The van der Waals surface area contributed by atoms with Gasteiger partial charge in [0.05, 0.1) is 6.54 Å². The van der Waals surface area contributed by atoms with Gasteiger partial charge in [0, 0.05) is 21.3 Å². The molecule has 0 saturated heterocycles. The summed E-state index contributed by atoms with van der Waals surface area (Å²) in [6.07, 6.45) is -0.710. The minimum absolute atomic E-state index is 0.222. The number of aliphatic hydroxyl groups excluding tert-OH is 1. The van der Waals surface area contributed by atoms with E-state index < -0.39 is 17.9 Å². The molecule has 144 valence electrons. The average molecular weight is 415 g/mol. The van der Waals surface area contributed by atoms with Crippen LogP contribution in [0.3, 0.4) is 0 Å². The Kier molecular flexibility index (Phi) is 6.81. The first-order valence-corrected chi connectivity index (χ1v) is 9.84. The van der Waals surface area contributed by atoms with E-state index in [2.05, 4.69) is 10.6 Å². The van der Waals surface area contributed by atoms with Crippen LogP contribution >= 0.6 is 22.9 Å². The van der Waals surface area contributed by atoms with Crippen LogP contribution in [-0.4, -0.2) is 16.9 Å². The summed E-state index contributed by atoms with van der Waals surface area (Å²) in [5.41, 5.74) is 1.66. The highest BCUT2D eigenvalue weighted by Gasteiger charge is 2.15. The van der Waals surface area contributed by atoms with Crippen LogP contribution in [0.1, 0.15) is 27.0 Å². The number of benzene rings is 2. The van der Waals surface area contributed by atoms with Crippen molar-refractivity contribution in [3.63, 3.8) is 0 Å². The van der Waals surface area contributed by atoms with Gasteiger partial charge in [-0.05, 0) is 35.4 Å². The lowest BCUT2D eigenvalue weighted by Gasteiger charge is -2.08. The Labute approximate surface area is 172 Å². The number of hydrogen-bond acceptors (Lipinski definition) is 4. The number of nitrogens with one attached hydrogen (secondary N) is 2. The largest absolute Gasteiger partial charge is 0.383 e. The van der Waals surface area contributed by atoms with Crippen molar-refractivity contribution in [2.75, 3.05) is 0 Å². The van der Waals surface area contributed by atoms with Gasteiger partial charge in [0.2, 0.25) is 0 Å². The van der Waals surface area contributed by atoms with Gasteiger partial charge in [-0.15, -0.1) is 11.3 Å². The van der Waals surface area contributed by atoms with Crippen molar-refractivity contribution in [3.8, 4) is 0 Å². The molecule has 1 heterocycles. The molecule has 2 aromatic carbocycles. The van der Waals surface area contributed by atoms with E-state index in [1.807, 2.05) is 42.5 Å². The Balaban J connectivity index is 1.48. The Hall–Kier alpha value is -2.67. The number of rotatable bonds is 6. The molecule has 1 aromatic heterocycles. The third-order valence-corrected chi connectivity index (χ3v) is 5.45. The minimum Gasteiger partial charge on any atom is -0.383 e. The van der Waals surface area contributed by atoms with E-state index in [0.717, 1.165) is 20.9 Å². The molecule has 0 fully saturated rings. The van der Waals surface area contributed by atoms with E-state index in [-0.39, 0.29) is 13.1 Å². The van der Waals surface area contributed by atoms with E-state index >= 15 is 0 Å². The summed E-state index contributed by atoms with van der Waals surface area (Å²) in [4.78, 5) is 25.5. The normalized spacial score (nSPS) is 11.6. The molecule has 0 radical (unpaired) electrons. The van der Waals surface area contributed by atoms with Crippen molar-refractivity contribution in [1.82, 2.24) is 10.6 Å². The highest BCUT2D eigenvalue weighted by Crippen LogP contribution is 2.28. The van der Waals surface area contributed by atoms with Crippen LogP contribution in [0.4, 0.5) is 0 Å². The molecule has 5 nitrogen and oxygen atoms in total. The fourth-order valence-corrected chi connectivity index (χ4v) is 3.64. The maximum atomic E-state index is 12.0. The summed E-state index contributed by atoms with van der Waals surface area (Å²) in [5, 5.41) is 16.2. The molecular weight excluding hydrogens is 396 g/mol. The number of carbonyl (C=O) groups excluding carboxylic acids is 2. The maximum Gasteiger partial charge on any atom is 0.309 e. The van der Waals surface area contributed by atoms with Gasteiger partial charge < -0.3 is 15.7 Å². The molecule has 3 aromatic rings. The highest BCUT2D eigenvalue weighted by molar-refractivity contribution is 7.12. The molecule has 3 N–H and O–H groups in total. The zero-order valence-electron chi connectivity index (χ0n) is 14.9. The first kappa shape index (κ1) is 20.1. The van der Waals surface area contributed by atoms with Gasteiger partial charge in [0.15, 0.2) is 0 Å². The van der Waals surface area contributed by atoms with E-state index in [9.17, 15) is 14.7 Å². The van der Waals surface area contributed by atoms with Gasteiger partial charge in [-0.1, -0.05) is 54.1 Å². The average Bonchev–Trinajstić information content (AvgIpc) is 3.20. The Morgan fingerprint density at radius 1 is 0.893 bits per heavy atom. The van der Waals surface area contributed by atoms with Crippen LogP contribution in [0, 0.1) is 0 Å². The van der Waals surface area contributed by atoms with Gasteiger partial charge in [-0.2, -0.15) is 0 Å². The smallest absolute Gasteiger partial charge is 0.309 e. The summed E-state index contributed by atoms with van der Waals surface area (Å²) in [5.74, 6) is -1.40. The van der Waals surface area contributed by atoms with Gasteiger partial charge in [-0.25, -0.2) is 0 Å². The highest BCUT2D eigenvalue weighted by atomic mass is 35.5. The lowest BCUT2D eigenvalue weighted by atomic mass is 10.1. The van der Waals surface area contributed by atoms with Gasteiger partial charge in [0.1, 0.15) is 6.10 Å². The molecule has 0 bridgehead atoms. The lowest BCUT2D eigenvalue weighted by Crippen LogP contribution is -2.39. The monoisotopic (exact) mass is 414 g/mol. The maximum absolute atomic E-state index is 12.0. The predicted octanol–water partition coefficient (Wildman–Crippen LogP) is 3.42. The summed E-state index contributed by atoms with van der Waals surface area (Å²) in [6, 6.07) is 20.0. The third-order valence-electron chi connectivity index (χ3n) is 4.06. The zero-order chi connectivity index (χ0) is 19.9. The Bertz CT molecular complexity index is 942. The molecule has 0 aliphatic heterocycles. The summed E-state index contributed by atoms with van der Waals surface area (Å²) < 4.78 is 0. The van der Waals surface area contributed by atoms with Gasteiger partial charge in [-0.3, -0.25) is 9.59 Å². The third kappa shape index (κ3) is 5.42. The Morgan fingerprint density at radius 3 is 2.21 bits per heavy atom. The van der Waals surface area contributed by atoms with Crippen LogP contribution in [0.15, 0.2) is 66.7 Å². The number of carbonyl (C=O) groups is 2. The molecule has 1 unspecified atom stereocenters. The van der Waals surface area contributed by atoms with Crippen LogP contribution < -0.4 is 10.6 Å². The second-order valence-corrected chi connectivity index (χ2v) is 7.75. The fraction of sp³-hybridized carbons (Fsp3) is 0.143. The van der Waals surface area contributed by atoms with Crippen LogP contribution in [0.5, 0.6) is 0 Å². The number of halogens is 1. The van der Waals surface area contributed by atoms with E-state index in [4.69, 9.17) is 11.6 Å². The van der Waals surface area contributed by atoms with Crippen LogP contribution in [-0.2, 0) is 22.7 Å². The van der Waals surface area contributed by atoms with Crippen molar-refractivity contribution >= 4 is 34.8 Å². The molecule has 1 atom stereocenters. The summed E-state index contributed by atoms with van der Waals surface area (Å²) in [7, 11) is 0. The van der Waals surface area contributed by atoms with Crippen molar-refractivity contribution in [2.45, 2.75) is 19.2 Å². The number of hydrogen-bond donors (Lipinski definition) is 3. The first-order valence-electron chi connectivity index (χ1n) is 8.65. The quantitative estimate of drug-likeness (QED) is 0.541. The summed E-state index contributed by atoms with van der Waals surface area (Å²) in [6.45, 7) is 0.467. The molecule has 3 rings (SSSR count). The number of amides is 2. The molecule has 0 aliphatic rings. The second-order valence-electron chi connectivity index (χ2n) is 6.11. The zero-order valence-corrected chi connectivity index (χ0v) is 16.5. The topological polar surface area (TPSA) is 78.4 Å². The predicted molar refractivity (Wildman–Crippen MR) is 110 cm³/mol.